The van der Waals surface area contributed by atoms with Crippen molar-refractivity contribution in [3.05, 3.63) is 86.4 Å². The summed E-state index contributed by atoms with van der Waals surface area (Å²) in [7, 11) is 0. The van der Waals surface area contributed by atoms with E-state index in [1.165, 1.54) is 0 Å². The van der Waals surface area contributed by atoms with Crippen LogP contribution in [0.25, 0.3) is 5.83 Å². The van der Waals surface area contributed by atoms with Gasteiger partial charge in [0.2, 0.25) is 0 Å². The maximum atomic E-state index is 15.1. The second kappa shape index (κ2) is 14.4. The van der Waals surface area contributed by atoms with Crippen molar-refractivity contribution in [2.24, 2.45) is 0 Å². The van der Waals surface area contributed by atoms with Gasteiger partial charge in [0.05, 0.1) is 32.8 Å². The molecule has 0 heterocycles. The van der Waals surface area contributed by atoms with Crippen LogP contribution in [0.2, 0.25) is 15.1 Å². The fourth-order valence-corrected chi connectivity index (χ4v) is 4.16. The maximum absolute atomic E-state index is 15.1. The van der Waals surface area contributed by atoms with Crippen molar-refractivity contribution in [3.63, 3.8) is 0 Å². The average Bonchev–Trinajstić information content (AvgIpc) is 2.89. The van der Waals surface area contributed by atoms with Crippen molar-refractivity contribution in [2.45, 2.75) is 37.4 Å². The van der Waals surface area contributed by atoms with E-state index in [1.54, 1.807) is 5.32 Å². The van der Waals surface area contributed by atoms with E-state index in [4.69, 9.17) is 34.8 Å². The zero-order valence-corrected chi connectivity index (χ0v) is 24.2. The van der Waals surface area contributed by atoms with Crippen LogP contribution in [-0.4, -0.2) is 48.4 Å². The summed E-state index contributed by atoms with van der Waals surface area (Å²) < 4.78 is 137. The summed E-state index contributed by atoms with van der Waals surface area (Å²) in [5, 5.41) is 0.515. The molecule has 2 amide bonds. The Bertz CT molecular complexity index is 1400. The molecule has 0 bridgehead atoms. The van der Waals surface area contributed by atoms with E-state index in [2.05, 4.69) is 11.4 Å². The van der Waals surface area contributed by atoms with Gasteiger partial charge in [-0.05, 0) is 42.8 Å². The smallest absolute Gasteiger partial charge is 0.340 e. The number of rotatable bonds is 10. The van der Waals surface area contributed by atoms with Crippen molar-refractivity contribution in [2.75, 3.05) is 13.2 Å². The first-order valence-electron chi connectivity index (χ1n) is 11.8. The molecule has 0 saturated heterocycles. The van der Waals surface area contributed by atoms with Gasteiger partial charge in [-0.1, -0.05) is 46.9 Å². The lowest BCUT2D eigenvalue weighted by atomic mass is 9.95. The lowest BCUT2D eigenvalue weighted by molar-refractivity contribution is -0.230. The summed E-state index contributed by atoms with van der Waals surface area (Å²) in [5.41, 5.74) is -4.75. The first-order valence-corrected chi connectivity index (χ1v) is 12.9. The molecule has 2 rings (SSSR count). The molecule has 0 aromatic heterocycles. The Morgan fingerprint density at radius 3 is 2.05 bits per heavy atom. The van der Waals surface area contributed by atoms with Gasteiger partial charge in [-0.3, -0.25) is 14.4 Å². The molecular weight excluding hydrogens is 685 g/mol. The quantitative estimate of drug-likeness (QED) is 0.116. The Balaban J connectivity index is 2.47. The lowest BCUT2D eigenvalue weighted by Gasteiger charge is -2.26. The number of amides is 2. The van der Waals surface area contributed by atoms with Gasteiger partial charge in [0.25, 0.3) is 11.8 Å². The van der Waals surface area contributed by atoms with Crippen molar-refractivity contribution in [1.82, 2.24) is 10.4 Å². The van der Waals surface area contributed by atoms with Crippen molar-refractivity contribution in [1.29, 1.82) is 0 Å². The van der Waals surface area contributed by atoms with Crippen LogP contribution < -0.4 is 5.32 Å². The molecule has 0 aliphatic carbocycles. The Labute approximate surface area is 257 Å². The predicted octanol–water partition coefficient (Wildman–Crippen LogP) is 8.95. The third kappa shape index (κ3) is 10.0. The van der Waals surface area contributed by atoms with E-state index in [0.29, 0.717) is 12.1 Å². The largest absolute Gasteiger partial charge is 0.417 e. The van der Waals surface area contributed by atoms with Crippen molar-refractivity contribution < 1.29 is 58.3 Å². The second-order valence-corrected chi connectivity index (χ2v) is 10.1. The molecule has 0 aliphatic rings. The van der Waals surface area contributed by atoms with E-state index in [1.807, 2.05) is 0 Å². The third-order valence-electron chi connectivity index (χ3n) is 5.51. The van der Waals surface area contributed by atoms with Gasteiger partial charge in [0.1, 0.15) is 24.3 Å². The molecule has 2 atom stereocenters. The summed E-state index contributed by atoms with van der Waals surface area (Å²) >= 11 is 17.3. The Morgan fingerprint density at radius 1 is 1.00 bits per heavy atom. The van der Waals surface area contributed by atoms with E-state index in [-0.39, 0.29) is 22.2 Å². The standard InChI is InChI=1S/C26H19Cl3F10N2O3/c1-3-6-44-41(11-24(31,32)33)23(43)12(2)40-22(42)15-5-4-13(7-17(15)26(37,38)39)20(30)10-16(25(34,35)36)14-8-18(27)21(29)19(28)9-14/h3-5,7-10,12,16H,1,6,11H2,2H3,(H,40,42)/b20-10-/t12-,16?/m1/s1. The van der Waals surface area contributed by atoms with Crippen LogP contribution in [0.5, 0.6) is 0 Å². The first kappa shape index (κ1) is 37.2. The highest BCUT2D eigenvalue weighted by Crippen LogP contribution is 2.43. The topological polar surface area (TPSA) is 58.6 Å². The fraction of sp³-hybridized carbons (Fsp3) is 0.308. The number of alkyl halides is 9. The zero-order chi connectivity index (χ0) is 33.8. The summed E-state index contributed by atoms with van der Waals surface area (Å²) in [4.78, 5) is 29.7. The van der Waals surface area contributed by atoms with E-state index in [9.17, 15) is 49.1 Å². The van der Waals surface area contributed by atoms with Gasteiger partial charge in [0, 0.05) is 5.56 Å². The molecule has 0 fully saturated rings. The van der Waals surface area contributed by atoms with E-state index < -0.39 is 93.6 Å². The minimum absolute atomic E-state index is 0.0373. The van der Waals surface area contributed by atoms with E-state index in [0.717, 1.165) is 25.1 Å². The van der Waals surface area contributed by atoms with Crippen LogP contribution >= 0.6 is 34.8 Å². The SMILES string of the molecule is C=CCON(CC(F)(F)F)C(=O)[C@@H](C)NC(=O)c1ccc(/C(F)=C/C(c2cc(Cl)c(Cl)c(Cl)c2)C(F)(F)F)cc1C(F)(F)F. The first-order chi connectivity index (χ1) is 20.1. The number of carbonyl (C=O) groups excluding carboxylic acids is 2. The van der Waals surface area contributed by atoms with Crippen molar-refractivity contribution in [3.8, 4) is 0 Å². The van der Waals surface area contributed by atoms with Crippen molar-refractivity contribution >= 4 is 52.4 Å². The molecule has 0 spiro atoms. The Morgan fingerprint density at radius 2 is 1.57 bits per heavy atom. The highest BCUT2D eigenvalue weighted by Gasteiger charge is 2.41. The van der Waals surface area contributed by atoms with Gasteiger partial charge >= 0.3 is 18.5 Å². The van der Waals surface area contributed by atoms with Crippen LogP contribution in [0.1, 0.15) is 39.9 Å². The molecule has 0 saturated carbocycles. The van der Waals surface area contributed by atoms with Gasteiger partial charge in [-0.15, -0.1) is 6.58 Å². The van der Waals surface area contributed by atoms with Gasteiger partial charge in [-0.2, -0.15) is 39.5 Å². The number of carbonyl (C=O) groups is 2. The molecule has 1 N–H and O–H groups in total. The highest BCUT2D eigenvalue weighted by atomic mass is 35.5. The minimum atomic E-state index is -5.38. The molecule has 1 unspecified atom stereocenters. The number of halogens is 13. The molecule has 242 valence electrons. The van der Waals surface area contributed by atoms with E-state index >= 15 is 4.39 Å². The minimum Gasteiger partial charge on any atom is -0.340 e. The molecule has 5 nitrogen and oxygen atoms in total. The van der Waals surface area contributed by atoms with Crippen LogP contribution in [0.3, 0.4) is 0 Å². The molecule has 2 aromatic rings. The van der Waals surface area contributed by atoms with Crippen LogP contribution in [0.15, 0.2) is 49.1 Å². The van der Waals surface area contributed by atoms with Crippen LogP contribution in [0, 0.1) is 0 Å². The molecule has 2 aromatic carbocycles. The third-order valence-corrected chi connectivity index (χ3v) is 6.71. The highest BCUT2D eigenvalue weighted by molar-refractivity contribution is 6.48. The van der Waals surface area contributed by atoms with Gasteiger partial charge in [0.15, 0.2) is 0 Å². The number of benzene rings is 2. The fourth-order valence-electron chi connectivity index (χ4n) is 3.55. The zero-order valence-electron chi connectivity index (χ0n) is 21.9. The molecule has 0 aliphatic heterocycles. The molecule has 18 heteroatoms. The molecule has 44 heavy (non-hydrogen) atoms. The monoisotopic (exact) mass is 702 g/mol. The Hall–Kier alpha value is -3.01. The summed E-state index contributed by atoms with van der Waals surface area (Å²) in [6.07, 6.45) is -14.5. The number of allylic oxidation sites excluding steroid dienone is 1. The lowest BCUT2D eigenvalue weighted by Crippen LogP contribution is -2.49. The number of hydroxylamine groups is 2. The maximum Gasteiger partial charge on any atom is 0.417 e. The van der Waals surface area contributed by atoms with Gasteiger partial charge < -0.3 is 5.32 Å². The average molecular weight is 704 g/mol. The van der Waals surface area contributed by atoms with Gasteiger partial charge in [-0.25, -0.2) is 9.45 Å². The Kier molecular flexibility index (Phi) is 12.2. The number of hydrogen-bond acceptors (Lipinski definition) is 3. The summed E-state index contributed by atoms with van der Waals surface area (Å²) in [6.45, 7) is 1.57. The summed E-state index contributed by atoms with van der Waals surface area (Å²) in [6, 6.07) is 0.642. The number of hydrogen-bond donors (Lipinski definition) is 1. The number of nitrogens with one attached hydrogen (secondary N) is 1. The van der Waals surface area contributed by atoms with Crippen LogP contribution in [0.4, 0.5) is 43.9 Å². The predicted molar refractivity (Wildman–Crippen MR) is 142 cm³/mol. The number of nitrogens with zero attached hydrogens (tertiary/aromatic N) is 1. The molecule has 0 radical (unpaired) electrons. The second-order valence-electron chi connectivity index (χ2n) is 8.86. The van der Waals surface area contributed by atoms with Crippen LogP contribution in [-0.2, 0) is 15.8 Å². The molecular formula is C26H19Cl3F10N2O3. The summed E-state index contributed by atoms with van der Waals surface area (Å²) in [5.74, 6) is -7.64. The normalized spacial score (nSPS) is 14.2.